The standard InChI is InChI=1S/C17H29N3O/c1-4-6-14(3)19-17(21)13-20(11-5-2)12-15-7-9-16(18)10-8-15/h7-10,14H,4-6,11-13,18H2,1-3H3,(H,19,21). The number of carbonyl (C=O) groups excluding carboxylic acids is 1. The average Bonchev–Trinajstić information content (AvgIpc) is 2.41. The highest BCUT2D eigenvalue weighted by Gasteiger charge is 2.12. The molecule has 4 heteroatoms. The minimum Gasteiger partial charge on any atom is -0.399 e. The molecule has 1 aromatic carbocycles. The number of nitrogen functional groups attached to an aromatic ring is 1. The maximum atomic E-state index is 12.1. The lowest BCUT2D eigenvalue weighted by Gasteiger charge is -2.22. The molecule has 1 rings (SSSR count). The van der Waals surface area contributed by atoms with Crippen LogP contribution in [0, 0.1) is 0 Å². The van der Waals surface area contributed by atoms with Gasteiger partial charge < -0.3 is 11.1 Å². The fourth-order valence-corrected chi connectivity index (χ4v) is 2.44. The first-order valence-corrected chi connectivity index (χ1v) is 7.91. The molecule has 0 saturated heterocycles. The Morgan fingerprint density at radius 1 is 1.24 bits per heavy atom. The van der Waals surface area contributed by atoms with Gasteiger partial charge in [0.2, 0.25) is 5.91 Å². The van der Waals surface area contributed by atoms with Crippen molar-refractivity contribution in [2.45, 2.75) is 52.6 Å². The van der Waals surface area contributed by atoms with E-state index in [0.717, 1.165) is 38.0 Å². The summed E-state index contributed by atoms with van der Waals surface area (Å²) in [6.45, 7) is 8.47. The minimum absolute atomic E-state index is 0.111. The van der Waals surface area contributed by atoms with Crippen LogP contribution < -0.4 is 11.1 Å². The molecule has 0 aliphatic carbocycles. The molecule has 0 aliphatic heterocycles. The second-order valence-corrected chi connectivity index (χ2v) is 5.71. The molecule has 0 saturated carbocycles. The molecule has 1 amide bonds. The third-order valence-corrected chi connectivity index (χ3v) is 3.42. The Bertz CT molecular complexity index is 417. The molecule has 0 aliphatic rings. The molecule has 118 valence electrons. The largest absolute Gasteiger partial charge is 0.399 e. The Morgan fingerprint density at radius 2 is 1.90 bits per heavy atom. The van der Waals surface area contributed by atoms with Gasteiger partial charge >= 0.3 is 0 Å². The van der Waals surface area contributed by atoms with Gasteiger partial charge in [-0.05, 0) is 44.0 Å². The first-order valence-electron chi connectivity index (χ1n) is 7.91. The molecule has 1 unspecified atom stereocenters. The third kappa shape index (κ3) is 7.14. The number of hydrogen-bond acceptors (Lipinski definition) is 3. The summed E-state index contributed by atoms with van der Waals surface area (Å²) < 4.78 is 0. The summed E-state index contributed by atoms with van der Waals surface area (Å²) in [5, 5.41) is 3.06. The molecule has 0 heterocycles. The van der Waals surface area contributed by atoms with Crippen LogP contribution in [0.1, 0.15) is 45.6 Å². The Kier molecular flexibility index (Phi) is 7.83. The van der Waals surface area contributed by atoms with Gasteiger partial charge in [-0.15, -0.1) is 0 Å². The van der Waals surface area contributed by atoms with Crippen LogP contribution >= 0.6 is 0 Å². The number of nitrogens with two attached hydrogens (primary N) is 1. The van der Waals surface area contributed by atoms with Crippen LogP contribution in [0.4, 0.5) is 5.69 Å². The zero-order valence-electron chi connectivity index (χ0n) is 13.6. The van der Waals surface area contributed by atoms with Crippen molar-refractivity contribution in [3.8, 4) is 0 Å². The van der Waals surface area contributed by atoms with Gasteiger partial charge in [-0.25, -0.2) is 0 Å². The zero-order chi connectivity index (χ0) is 15.7. The van der Waals surface area contributed by atoms with Gasteiger partial charge in [-0.2, -0.15) is 0 Å². The van der Waals surface area contributed by atoms with Crippen molar-refractivity contribution in [2.75, 3.05) is 18.8 Å². The van der Waals surface area contributed by atoms with Crippen molar-refractivity contribution in [3.05, 3.63) is 29.8 Å². The summed E-state index contributed by atoms with van der Waals surface area (Å²) in [5.74, 6) is 0.111. The minimum atomic E-state index is 0.111. The summed E-state index contributed by atoms with van der Waals surface area (Å²) >= 11 is 0. The molecular weight excluding hydrogens is 262 g/mol. The van der Waals surface area contributed by atoms with E-state index >= 15 is 0 Å². The van der Waals surface area contributed by atoms with E-state index in [9.17, 15) is 4.79 Å². The Balaban J connectivity index is 2.52. The highest BCUT2D eigenvalue weighted by atomic mass is 16.2. The fourth-order valence-electron chi connectivity index (χ4n) is 2.44. The molecule has 21 heavy (non-hydrogen) atoms. The van der Waals surface area contributed by atoms with Crippen LogP contribution in [0.25, 0.3) is 0 Å². The lowest BCUT2D eigenvalue weighted by molar-refractivity contribution is -0.123. The lowest BCUT2D eigenvalue weighted by Crippen LogP contribution is -2.41. The van der Waals surface area contributed by atoms with E-state index in [4.69, 9.17) is 5.73 Å². The van der Waals surface area contributed by atoms with Gasteiger partial charge in [0.25, 0.3) is 0 Å². The van der Waals surface area contributed by atoms with E-state index in [0.29, 0.717) is 6.54 Å². The summed E-state index contributed by atoms with van der Waals surface area (Å²) in [6, 6.07) is 8.11. The Labute approximate surface area is 128 Å². The van der Waals surface area contributed by atoms with Crippen molar-refractivity contribution in [2.24, 2.45) is 0 Å². The second-order valence-electron chi connectivity index (χ2n) is 5.71. The predicted molar refractivity (Wildman–Crippen MR) is 88.9 cm³/mol. The molecule has 3 N–H and O–H groups in total. The summed E-state index contributed by atoms with van der Waals surface area (Å²) in [4.78, 5) is 14.3. The molecular formula is C17H29N3O. The fraction of sp³-hybridized carbons (Fsp3) is 0.588. The molecule has 0 radical (unpaired) electrons. The molecule has 0 aromatic heterocycles. The maximum absolute atomic E-state index is 12.1. The third-order valence-electron chi connectivity index (χ3n) is 3.42. The van der Waals surface area contributed by atoms with E-state index in [1.807, 2.05) is 24.3 Å². The monoisotopic (exact) mass is 291 g/mol. The van der Waals surface area contributed by atoms with Crippen molar-refractivity contribution in [3.63, 3.8) is 0 Å². The van der Waals surface area contributed by atoms with Crippen molar-refractivity contribution in [1.82, 2.24) is 10.2 Å². The van der Waals surface area contributed by atoms with Gasteiger partial charge in [-0.1, -0.05) is 32.4 Å². The topological polar surface area (TPSA) is 58.4 Å². The van der Waals surface area contributed by atoms with Crippen molar-refractivity contribution >= 4 is 11.6 Å². The number of carbonyl (C=O) groups is 1. The normalized spacial score (nSPS) is 12.4. The van der Waals surface area contributed by atoms with Gasteiger partial charge in [0.05, 0.1) is 6.54 Å². The SMILES string of the molecule is CCCC(C)NC(=O)CN(CCC)Cc1ccc(N)cc1. The van der Waals surface area contributed by atoms with Gasteiger partial charge in [0.1, 0.15) is 0 Å². The number of benzene rings is 1. The highest BCUT2D eigenvalue weighted by Crippen LogP contribution is 2.09. The van der Waals surface area contributed by atoms with E-state index in [2.05, 4.69) is 31.0 Å². The van der Waals surface area contributed by atoms with Crippen LogP contribution in [0.15, 0.2) is 24.3 Å². The van der Waals surface area contributed by atoms with E-state index in [1.54, 1.807) is 0 Å². The molecule has 0 fully saturated rings. The summed E-state index contributed by atoms with van der Waals surface area (Å²) in [6.07, 6.45) is 3.15. The number of hydrogen-bond donors (Lipinski definition) is 2. The van der Waals surface area contributed by atoms with Crippen molar-refractivity contribution in [1.29, 1.82) is 0 Å². The predicted octanol–water partition coefficient (Wildman–Crippen LogP) is 2.79. The second kappa shape index (κ2) is 9.40. The summed E-state index contributed by atoms with van der Waals surface area (Å²) in [5.41, 5.74) is 7.66. The number of nitrogens with one attached hydrogen (secondary N) is 1. The Hall–Kier alpha value is -1.55. The highest BCUT2D eigenvalue weighted by molar-refractivity contribution is 5.78. The average molecular weight is 291 g/mol. The van der Waals surface area contributed by atoms with Gasteiger partial charge in [-0.3, -0.25) is 9.69 Å². The molecule has 1 atom stereocenters. The smallest absolute Gasteiger partial charge is 0.234 e. The first-order chi connectivity index (χ1) is 10.0. The quantitative estimate of drug-likeness (QED) is 0.688. The van der Waals surface area contributed by atoms with E-state index in [1.165, 1.54) is 5.56 Å². The van der Waals surface area contributed by atoms with Gasteiger partial charge in [0, 0.05) is 18.3 Å². The summed E-state index contributed by atoms with van der Waals surface area (Å²) in [7, 11) is 0. The first kappa shape index (κ1) is 17.5. The van der Waals surface area contributed by atoms with Crippen LogP contribution in [0.5, 0.6) is 0 Å². The number of nitrogens with zero attached hydrogens (tertiary/aromatic N) is 1. The molecule has 0 bridgehead atoms. The van der Waals surface area contributed by atoms with Crippen LogP contribution in [0.2, 0.25) is 0 Å². The maximum Gasteiger partial charge on any atom is 0.234 e. The van der Waals surface area contributed by atoms with Crippen LogP contribution in [0.3, 0.4) is 0 Å². The van der Waals surface area contributed by atoms with Crippen LogP contribution in [-0.2, 0) is 11.3 Å². The number of anilines is 1. The zero-order valence-corrected chi connectivity index (χ0v) is 13.6. The van der Waals surface area contributed by atoms with E-state index in [-0.39, 0.29) is 11.9 Å². The van der Waals surface area contributed by atoms with E-state index < -0.39 is 0 Å². The van der Waals surface area contributed by atoms with Gasteiger partial charge in [0.15, 0.2) is 0 Å². The molecule has 1 aromatic rings. The Morgan fingerprint density at radius 3 is 2.48 bits per heavy atom. The van der Waals surface area contributed by atoms with Crippen LogP contribution in [-0.4, -0.2) is 29.9 Å². The molecule has 0 spiro atoms. The number of rotatable bonds is 9. The van der Waals surface area contributed by atoms with Crippen molar-refractivity contribution < 1.29 is 4.79 Å². The molecule has 4 nitrogen and oxygen atoms in total. The number of amides is 1. The lowest BCUT2D eigenvalue weighted by atomic mass is 10.2.